The molecule has 0 aromatic heterocycles. The van der Waals surface area contributed by atoms with Gasteiger partial charge in [0.1, 0.15) is 5.82 Å². The van der Waals surface area contributed by atoms with Gasteiger partial charge in [-0.1, -0.05) is 20.8 Å². The Labute approximate surface area is 119 Å². The van der Waals surface area contributed by atoms with Crippen LogP contribution in [0.1, 0.15) is 33.6 Å². The number of ether oxygens (including phenoxy) is 1. The first-order valence-electron chi connectivity index (χ1n) is 6.70. The molecule has 0 atom stereocenters. The van der Waals surface area contributed by atoms with E-state index in [1.165, 1.54) is 18.2 Å². The molecule has 20 heavy (non-hydrogen) atoms. The summed E-state index contributed by atoms with van der Waals surface area (Å²) in [7, 11) is 0. The summed E-state index contributed by atoms with van der Waals surface area (Å²) in [4.78, 5) is 11.7. The number of rotatable bonds is 6. The average molecular weight is 282 g/mol. The van der Waals surface area contributed by atoms with E-state index < -0.39 is 5.82 Å². The third-order valence-electron chi connectivity index (χ3n) is 2.76. The number of carbonyl (C=O) groups is 1. The molecule has 1 aromatic carbocycles. The number of anilines is 2. The molecule has 0 unspecified atom stereocenters. The maximum atomic E-state index is 12.9. The molecule has 112 valence electrons. The van der Waals surface area contributed by atoms with Crippen LogP contribution in [-0.2, 0) is 9.53 Å². The highest BCUT2D eigenvalue weighted by atomic mass is 19.1. The standard InChI is InChI=1S/C15H23FN2O2/c1-15(2,3)7-9-20-8-6-14(19)18-13-5-4-11(16)10-12(13)17/h4-5,10H,6-9,17H2,1-3H3,(H,18,19). The van der Waals surface area contributed by atoms with Crippen molar-refractivity contribution in [2.24, 2.45) is 5.41 Å². The first-order valence-corrected chi connectivity index (χ1v) is 6.70. The number of nitrogens with two attached hydrogens (primary N) is 1. The third kappa shape index (κ3) is 6.52. The summed E-state index contributed by atoms with van der Waals surface area (Å²) in [6.45, 7) is 7.42. The van der Waals surface area contributed by atoms with Crippen molar-refractivity contribution in [2.45, 2.75) is 33.6 Å². The predicted molar refractivity (Wildman–Crippen MR) is 79.0 cm³/mol. The van der Waals surface area contributed by atoms with Crippen LogP contribution >= 0.6 is 0 Å². The second kappa shape index (κ2) is 7.24. The molecule has 1 amide bonds. The van der Waals surface area contributed by atoms with Gasteiger partial charge in [-0.15, -0.1) is 0 Å². The Morgan fingerprint density at radius 3 is 2.65 bits per heavy atom. The molecule has 1 rings (SSSR count). The quantitative estimate of drug-likeness (QED) is 0.622. The molecule has 0 aliphatic carbocycles. The first kappa shape index (κ1) is 16.4. The second-order valence-corrected chi connectivity index (χ2v) is 5.95. The fraction of sp³-hybridized carbons (Fsp3) is 0.533. The van der Waals surface area contributed by atoms with Gasteiger partial charge in [0.2, 0.25) is 5.91 Å². The Hall–Kier alpha value is -1.62. The normalized spacial score (nSPS) is 11.4. The van der Waals surface area contributed by atoms with E-state index in [0.29, 0.717) is 18.9 Å². The topological polar surface area (TPSA) is 64.3 Å². The van der Waals surface area contributed by atoms with Gasteiger partial charge < -0.3 is 15.8 Å². The fourth-order valence-corrected chi connectivity index (χ4v) is 1.51. The van der Waals surface area contributed by atoms with Gasteiger partial charge in [0.15, 0.2) is 0 Å². The molecule has 0 aliphatic heterocycles. The monoisotopic (exact) mass is 282 g/mol. The number of benzene rings is 1. The Balaban J connectivity index is 2.27. The summed E-state index contributed by atoms with van der Waals surface area (Å²) in [5.74, 6) is -0.620. The smallest absolute Gasteiger partial charge is 0.226 e. The highest BCUT2D eigenvalue weighted by Gasteiger charge is 2.10. The van der Waals surface area contributed by atoms with E-state index in [2.05, 4.69) is 26.1 Å². The van der Waals surface area contributed by atoms with Crippen LogP contribution in [0.25, 0.3) is 0 Å². The van der Waals surface area contributed by atoms with Gasteiger partial charge in [0.25, 0.3) is 0 Å². The minimum absolute atomic E-state index is 0.195. The van der Waals surface area contributed by atoms with Crippen molar-refractivity contribution in [3.63, 3.8) is 0 Å². The lowest BCUT2D eigenvalue weighted by Gasteiger charge is -2.17. The Morgan fingerprint density at radius 2 is 2.05 bits per heavy atom. The lowest BCUT2D eigenvalue weighted by atomic mass is 9.93. The van der Waals surface area contributed by atoms with Crippen LogP contribution in [0.4, 0.5) is 15.8 Å². The number of nitrogen functional groups attached to an aromatic ring is 1. The van der Waals surface area contributed by atoms with Crippen LogP contribution in [0, 0.1) is 11.2 Å². The van der Waals surface area contributed by atoms with Crippen molar-refractivity contribution in [1.82, 2.24) is 0 Å². The van der Waals surface area contributed by atoms with Crippen molar-refractivity contribution in [3.8, 4) is 0 Å². The zero-order valence-electron chi connectivity index (χ0n) is 12.3. The molecule has 0 saturated heterocycles. The molecule has 0 radical (unpaired) electrons. The molecule has 1 aromatic rings. The SMILES string of the molecule is CC(C)(C)CCOCCC(=O)Nc1ccc(F)cc1N. The number of hydrogen-bond donors (Lipinski definition) is 2. The largest absolute Gasteiger partial charge is 0.397 e. The highest BCUT2D eigenvalue weighted by Crippen LogP contribution is 2.19. The van der Waals surface area contributed by atoms with Gasteiger partial charge in [-0.25, -0.2) is 4.39 Å². The van der Waals surface area contributed by atoms with Crippen molar-refractivity contribution >= 4 is 17.3 Å². The zero-order valence-corrected chi connectivity index (χ0v) is 12.3. The van der Waals surface area contributed by atoms with E-state index in [-0.39, 0.29) is 23.4 Å². The van der Waals surface area contributed by atoms with Gasteiger partial charge >= 0.3 is 0 Å². The van der Waals surface area contributed by atoms with E-state index in [4.69, 9.17) is 10.5 Å². The van der Waals surface area contributed by atoms with E-state index in [1.807, 2.05) is 0 Å². The number of carbonyl (C=O) groups excluding carboxylic acids is 1. The number of amides is 1. The lowest BCUT2D eigenvalue weighted by molar-refractivity contribution is -0.117. The zero-order chi connectivity index (χ0) is 15.2. The van der Waals surface area contributed by atoms with Crippen LogP contribution in [-0.4, -0.2) is 19.1 Å². The molecule has 0 bridgehead atoms. The van der Waals surface area contributed by atoms with Gasteiger partial charge in [0.05, 0.1) is 24.4 Å². The summed E-state index contributed by atoms with van der Waals surface area (Å²) >= 11 is 0. The van der Waals surface area contributed by atoms with Crippen molar-refractivity contribution in [1.29, 1.82) is 0 Å². The van der Waals surface area contributed by atoms with Crippen molar-refractivity contribution < 1.29 is 13.9 Å². The molecule has 0 saturated carbocycles. The summed E-state index contributed by atoms with van der Waals surface area (Å²) < 4.78 is 18.3. The maximum Gasteiger partial charge on any atom is 0.226 e. The Morgan fingerprint density at radius 1 is 1.35 bits per heavy atom. The van der Waals surface area contributed by atoms with Crippen LogP contribution in [0.5, 0.6) is 0 Å². The van der Waals surface area contributed by atoms with Crippen LogP contribution in [0.3, 0.4) is 0 Å². The lowest BCUT2D eigenvalue weighted by Crippen LogP contribution is -2.16. The number of halogens is 1. The highest BCUT2D eigenvalue weighted by molar-refractivity contribution is 5.93. The number of nitrogens with one attached hydrogen (secondary N) is 1. The minimum Gasteiger partial charge on any atom is -0.397 e. The average Bonchev–Trinajstić information content (AvgIpc) is 2.31. The Kier molecular flexibility index (Phi) is 5.95. The molecule has 4 nitrogen and oxygen atoms in total. The maximum absolute atomic E-state index is 12.9. The molecule has 3 N–H and O–H groups in total. The summed E-state index contributed by atoms with van der Waals surface area (Å²) in [5.41, 5.74) is 6.47. The van der Waals surface area contributed by atoms with Crippen molar-refractivity contribution in [3.05, 3.63) is 24.0 Å². The van der Waals surface area contributed by atoms with E-state index in [9.17, 15) is 9.18 Å². The molecule has 5 heteroatoms. The van der Waals surface area contributed by atoms with Crippen LogP contribution in [0.2, 0.25) is 0 Å². The van der Waals surface area contributed by atoms with E-state index in [1.54, 1.807) is 0 Å². The van der Waals surface area contributed by atoms with E-state index >= 15 is 0 Å². The van der Waals surface area contributed by atoms with Crippen LogP contribution < -0.4 is 11.1 Å². The second-order valence-electron chi connectivity index (χ2n) is 5.95. The van der Waals surface area contributed by atoms with Gasteiger partial charge in [-0.05, 0) is 30.0 Å². The van der Waals surface area contributed by atoms with Gasteiger partial charge in [0, 0.05) is 6.61 Å². The minimum atomic E-state index is -0.425. The van der Waals surface area contributed by atoms with Crippen LogP contribution in [0.15, 0.2) is 18.2 Å². The molecule has 0 fully saturated rings. The number of hydrogen-bond acceptors (Lipinski definition) is 3. The first-order chi connectivity index (χ1) is 9.28. The molecule has 0 heterocycles. The summed E-state index contributed by atoms with van der Waals surface area (Å²) in [6.07, 6.45) is 1.19. The molecular weight excluding hydrogens is 259 g/mol. The summed E-state index contributed by atoms with van der Waals surface area (Å²) in [6, 6.07) is 3.88. The van der Waals surface area contributed by atoms with E-state index in [0.717, 1.165) is 6.42 Å². The molecule has 0 aliphatic rings. The van der Waals surface area contributed by atoms with Gasteiger partial charge in [-0.3, -0.25) is 4.79 Å². The van der Waals surface area contributed by atoms with Crippen molar-refractivity contribution in [2.75, 3.05) is 24.3 Å². The Bertz CT molecular complexity index is 456. The summed E-state index contributed by atoms with van der Waals surface area (Å²) in [5, 5.41) is 2.63. The molecular formula is C15H23FN2O2. The van der Waals surface area contributed by atoms with Gasteiger partial charge in [-0.2, -0.15) is 0 Å². The predicted octanol–water partition coefficient (Wildman–Crippen LogP) is 3.19. The molecule has 0 spiro atoms. The third-order valence-corrected chi connectivity index (χ3v) is 2.76. The fourth-order valence-electron chi connectivity index (χ4n) is 1.51.